The third kappa shape index (κ3) is 3.78. The van der Waals surface area contributed by atoms with Crippen LogP contribution in [0.5, 0.6) is 0 Å². The van der Waals surface area contributed by atoms with E-state index in [0.29, 0.717) is 6.61 Å². The average molecular weight is 341 g/mol. The van der Waals surface area contributed by atoms with Crippen molar-refractivity contribution in [1.29, 1.82) is 0 Å². The van der Waals surface area contributed by atoms with E-state index in [1.54, 1.807) is 18.6 Å². The highest BCUT2D eigenvalue weighted by atomic mass is 79.9. The van der Waals surface area contributed by atoms with Crippen molar-refractivity contribution in [3.8, 4) is 0 Å². The average Bonchev–Trinajstić information content (AvgIpc) is 2.90. The molecular weight excluding hydrogens is 328 g/mol. The summed E-state index contributed by atoms with van der Waals surface area (Å²) in [5.41, 5.74) is 2.55. The first-order valence-corrected chi connectivity index (χ1v) is 7.45. The normalized spacial score (nSPS) is 11.9. The molecule has 0 amide bonds. The number of esters is 1. The summed E-state index contributed by atoms with van der Waals surface area (Å²) in [7, 11) is 0. The smallest absolute Gasteiger partial charge is 0.334 e. The van der Waals surface area contributed by atoms with Gasteiger partial charge in [-0.3, -0.25) is 4.98 Å². The van der Waals surface area contributed by atoms with E-state index < -0.39 is 6.04 Å². The van der Waals surface area contributed by atoms with E-state index in [2.05, 4.69) is 26.2 Å². The molecule has 0 saturated heterocycles. The lowest BCUT2D eigenvalue weighted by Crippen LogP contribution is -2.22. The number of halogens is 1. The van der Waals surface area contributed by atoms with Crippen molar-refractivity contribution in [3.63, 3.8) is 0 Å². The number of nitrogens with one attached hydrogen (secondary N) is 1. The van der Waals surface area contributed by atoms with Gasteiger partial charge in [0.1, 0.15) is 0 Å². The Morgan fingerprint density at radius 3 is 3.05 bits per heavy atom. The molecule has 1 unspecified atom stereocenters. The van der Waals surface area contributed by atoms with Gasteiger partial charge >= 0.3 is 5.97 Å². The van der Waals surface area contributed by atoms with Crippen LogP contribution < -0.4 is 5.32 Å². The summed E-state index contributed by atoms with van der Waals surface area (Å²) in [6.07, 6.45) is 1.68. The lowest BCUT2D eigenvalue weighted by molar-refractivity contribution is -0.144. The summed E-state index contributed by atoms with van der Waals surface area (Å²) in [6.45, 7) is 2.15. The fourth-order valence-electron chi connectivity index (χ4n) is 1.58. The van der Waals surface area contributed by atoms with Crippen LogP contribution in [0.3, 0.4) is 0 Å². The number of carbonyl (C=O) groups is 1. The maximum atomic E-state index is 12.0. The molecule has 0 saturated carbocycles. The number of nitrogens with zero attached hydrogens (tertiary/aromatic N) is 1. The zero-order chi connectivity index (χ0) is 13.7. The van der Waals surface area contributed by atoms with E-state index in [1.165, 1.54) is 11.3 Å². The van der Waals surface area contributed by atoms with Crippen molar-refractivity contribution < 1.29 is 9.53 Å². The second kappa shape index (κ2) is 6.68. The van der Waals surface area contributed by atoms with Gasteiger partial charge in [-0.25, -0.2) is 4.79 Å². The summed E-state index contributed by atoms with van der Waals surface area (Å²) in [5, 5.41) is 3.17. The second-order valence-electron chi connectivity index (χ2n) is 3.74. The highest BCUT2D eigenvalue weighted by Gasteiger charge is 2.23. The van der Waals surface area contributed by atoms with E-state index in [-0.39, 0.29) is 5.97 Å². The van der Waals surface area contributed by atoms with Gasteiger partial charge in [-0.1, -0.05) is 22.0 Å². The molecule has 0 fully saturated rings. The van der Waals surface area contributed by atoms with Crippen molar-refractivity contribution in [3.05, 3.63) is 45.3 Å². The Morgan fingerprint density at radius 2 is 2.42 bits per heavy atom. The molecule has 19 heavy (non-hydrogen) atoms. The van der Waals surface area contributed by atoms with Crippen molar-refractivity contribution in [2.45, 2.75) is 13.0 Å². The molecule has 0 aliphatic heterocycles. The van der Waals surface area contributed by atoms with Gasteiger partial charge in [-0.15, -0.1) is 11.3 Å². The van der Waals surface area contributed by atoms with Crippen LogP contribution in [0.1, 0.15) is 17.8 Å². The number of anilines is 1. The molecule has 2 aromatic rings. The van der Waals surface area contributed by atoms with Gasteiger partial charge in [0.15, 0.2) is 6.04 Å². The zero-order valence-electron chi connectivity index (χ0n) is 10.3. The Hall–Kier alpha value is -1.40. The summed E-state index contributed by atoms with van der Waals surface area (Å²) < 4.78 is 6.04. The minimum Gasteiger partial charge on any atom is -0.464 e. The van der Waals surface area contributed by atoms with Gasteiger partial charge in [-0.2, -0.15) is 0 Å². The predicted molar refractivity (Wildman–Crippen MR) is 79.3 cm³/mol. The summed E-state index contributed by atoms with van der Waals surface area (Å²) in [4.78, 5) is 16.9. The van der Waals surface area contributed by atoms with Crippen LogP contribution in [0.15, 0.2) is 40.4 Å². The molecule has 0 aliphatic rings. The van der Waals surface area contributed by atoms with Crippen LogP contribution >= 0.6 is 27.3 Å². The molecule has 1 N–H and O–H groups in total. The van der Waals surface area contributed by atoms with E-state index in [1.807, 2.05) is 24.3 Å². The van der Waals surface area contributed by atoms with Crippen LogP contribution in [-0.4, -0.2) is 17.6 Å². The Kier molecular flexibility index (Phi) is 4.93. The van der Waals surface area contributed by atoms with Gasteiger partial charge < -0.3 is 10.1 Å². The second-order valence-corrected chi connectivity index (χ2v) is 5.58. The molecule has 0 spiro atoms. The van der Waals surface area contributed by atoms with Crippen LogP contribution in [0, 0.1) is 0 Å². The van der Waals surface area contributed by atoms with E-state index in [9.17, 15) is 4.79 Å². The van der Waals surface area contributed by atoms with Crippen LogP contribution in [-0.2, 0) is 9.53 Å². The predicted octanol–water partition coefficient (Wildman–Crippen LogP) is 3.62. The van der Waals surface area contributed by atoms with Gasteiger partial charge in [0.2, 0.25) is 0 Å². The van der Waals surface area contributed by atoms with Gasteiger partial charge in [0.25, 0.3) is 0 Å². The lowest BCUT2D eigenvalue weighted by atomic mass is 10.2. The number of thiazole rings is 1. The molecule has 1 aromatic carbocycles. The number of benzene rings is 1. The number of hydrogen-bond acceptors (Lipinski definition) is 5. The largest absolute Gasteiger partial charge is 0.464 e. The van der Waals surface area contributed by atoms with Gasteiger partial charge in [0.05, 0.1) is 17.0 Å². The standard InChI is InChI=1S/C13H13BrN2O2S/c1-2-18-13(17)12(11-7-15-8-19-11)16-10-5-3-4-9(14)6-10/h3-8,12,16H,2H2,1H3. The van der Waals surface area contributed by atoms with Crippen LogP contribution in [0.4, 0.5) is 5.69 Å². The summed E-state index contributed by atoms with van der Waals surface area (Å²) >= 11 is 4.83. The summed E-state index contributed by atoms with van der Waals surface area (Å²) in [6, 6.07) is 7.12. The van der Waals surface area contributed by atoms with Gasteiger partial charge in [-0.05, 0) is 25.1 Å². The lowest BCUT2D eigenvalue weighted by Gasteiger charge is -2.16. The van der Waals surface area contributed by atoms with Crippen molar-refractivity contribution in [1.82, 2.24) is 4.98 Å². The number of hydrogen-bond donors (Lipinski definition) is 1. The first kappa shape index (κ1) is 14.0. The Bertz CT molecular complexity index is 545. The topological polar surface area (TPSA) is 51.2 Å². The summed E-state index contributed by atoms with van der Waals surface area (Å²) in [5.74, 6) is -0.299. The van der Waals surface area contributed by atoms with Crippen LogP contribution in [0.2, 0.25) is 0 Å². The van der Waals surface area contributed by atoms with Crippen molar-refractivity contribution in [2.75, 3.05) is 11.9 Å². The number of rotatable bonds is 5. The highest BCUT2D eigenvalue weighted by molar-refractivity contribution is 9.10. The molecule has 1 atom stereocenters. The van der Waals surface area contributed by atoms with Crippen LogP contribution in [0.25, 0.3) is 0 Å². The fourth-order valence-corrected chi connectivity index (χ4v) is 2.64. The van der Waals surface area contributed by atoms with E-state index in [4.69, 9.17) is 4.74 Å². The fraction of sp³-hybridized carbons (Fsp3) is 0.231. The van der Waals surface area contributed by atoms with Crippen molar-refractivity contribution >= 4 is 38.9 Å². The minimum atomic E-state index is -0.526. The number of ether oxygens (including phenoxy) is 1. The molecule has 0 radical (unpaired) electrons. The Balaban J connectivity index is 2.21. The van der Waals surface area contributed by atoms with Crippen molar-refractivity contribution in [2.24, 2.45) is 0 Å². The molecule has 0 aliphatic carbocycles. The minimum absolute atomic E-state index is 0.299. The number of carbonyl (C=O) groups excluding carboxylic acids is 1. The highest BCUT2D eigenvalue weighted by Crippen LogP contribution is 2.25. The Morgan fingerprint density at radius 1 is 1.58 bits per heavy atom. The van der Waals surface area contributed by atoms with E-state index in [0.717, 1.165) is 15.0 Å². The molecule has 0 bridgehead atoms. The quantitative estimate of drug-likeness (QED) is 0.844. The Labute approximate surface area is 124 Å². The van der Waals surface area contributed by atoms with E-state index >= 15 is 0 Å². The number of aromatic nitrogens is 1. The molecule has 1 heterocycles. The third-order valence-corrected chi connectivity index (χ3v) is 3.73. The first-order valence-electron chi connectivity index (χ1n) is 5.78. The molecule has 100 valence electrons. The maximum Gasteiger partial charge on any atom is 0.334 e. The molecule has 6 heteroatoms. The zero-order valence-corrected chi connectivity index (χ0v) is 12.7. The third-order valence-electron chi connectivity index (χ3n) is 2.39. The van der Waals surface area contributed by atoms with Gasteiger partial charge in [0, 0.05) is 16.4 Å². The maximum absolute atomic E-state index is 12.0. The molecule has 4 nitrogen and oxygen atoms in total. The first-order chi connectivity index (χ1) is 9.20. The molecular formula is C13H13BrN2O2S. The molecule has 1 aromatic heterocycles. The molecule has 2 rings (SSSR count). The SMILES string of the molecule is CCOC(=O)C(Nc1cccc(Br)c1)c1cncs1. The monoisotopic (exact) mass is 340 g/mol.